The number of nitrogens with zero attached hydrogens (tertiary/aromatic N) is 4. The van der Waals surface area contributed by atoms with Gasteiger partial charge in [0.15, 0.2) is 0 Å². The molecule has 4 nitrogen and oxygen atoms in total. The van der Waals surface area contributed by atoms with Crippen LogP contribution in [-0.4, -0.2) is 31.7 Å². The lowest BCUT2D eigenvalue weighted by molar-refractivity contribution is 0.158. The summed E-state index contributed by atoms with van der Waals surface area (Å²) in [6.45, 7) is 6.20. The van der Waals surface area contributed by atoms with E-state index in [-0.39, 0.29) is 0 Å². The molecule has 0 radical (unpaired) electrons. The zero-order valence-corrected chi connectivity index (χ0v) is 23.5. The SMILES string of the molecule is CC1N2C=CN1Cc1cc(-c3ccccc3)cc3c1P1c4c(cc(-c5ccccc5)cc4CN4C=CN(C3)C41)C2. The van der Waals surface area contributed by atoms with Gasteiger partial charge in [-0.2, -0.15) is 0 Å². The second-order valence-corrected chi connectivity index (χ2v) is 13.7. The van der Waals surface area contributed by atoms with E-state index in [9.17, 15) is 0 Å². The molecule has 2 bridgehead atoms. The van der Waals surface area contributed by atoms with Gasteiger partial charge < -0.3 is 19.6 Å². The van der Waals surface area contributed by atoms with Gasteiger partial charge in [-0.15, -0.1) is 0 Å². The fourth-order valence-electron chi connectivity index (χ4n) is 7.41. The van der Waals surface area contributed by atoms with Crippen LogP contribution in [0.5, 0.6) is 0 Å². The summed E-state index contributed by atoms with van der Waals surface area (Å²) in [4.78, 5) is 10.3. The number of rotatable bonds is 2. The van der Waals surface area contributed by atoms with Crippen LogP contribution in [-0.2, 0) is 26.2 Å². The molecular weight excluding hydrogens is 507 g/mol. The Morgan fingerprint density at radius 1 is 0.500 bits per heavy atom. The topological polar surface area (TPSA) is 13.0 Å². The Bertz CT molecular complexity index is 1590. The summed E-state index contributed by atoms with van der Waals surface area (Å²) in [7, 11) is -0.598. The van der Waals surface area contributed by atoms with Crippen molar-refractivity contribution in [2.24, 2.45) is 0 Å². The molecule has 9 rings (SSSR count). The number of hydrogen-bond acceptors (Lipinski definition) is 4. The van der Waals surface area contributed by atoms with Crippen LogP contribution in [0.25, 0.3) is 22.3 Å². The lowest BCUT2D eigenvalue weighted by Gasteiger charge is -2.49. The van der Waals surface area contributed by atoms with E-state index in [0.717, 1.165) is 26.2 Å². The second-order valence-electron chi connectivity index (χ2n) is 11.7. The maximum Gasteiger partial charge on any atom is 0.129 e. The molecule has 0 aliphatic carbocycles. The summed E-state index contributed by atoms with van der Waals surface area (Å²) in [5.74, 6) is 0.408. The van der Waals surface area contributed by atoms with Gasteiger partial charge in [-0.1, -0.05) is 60.7 Å². The Kier molecular flexibility index (Phi) is 4.83. The Labute approximate surface area is 237 Å². The summed E-state index contributed by atoms with van der Waals surface area (Å²) in [6, 6.07) is 31.9. The average molecular weight is 539 g/mol. The average Bonchev–Trinajstić information content (AvgIpc) is 3.55. The smallest absolute Gasteiger partial charge is 0.129 e. The van der Waals surface area contributed by atoms with Crippen LogP contribution in [0.4, 0.5) is 0 Å². The van der Waals surface area contributed by atoms with Gasteiger partial charge in [0.2, 0.25) is 0 Å². The number of hydrogen-bond donors (Lipinski definition) is 0. The summed E-state index contributed by atoms with van der Waals surface area (Å²) in [5.41, 5.74) is 11.3. The van der Waals surface area contributed by atoms with Gasteiger partial charge in [-0.25, -0.2) is 0 Å². The molecule has 4 aromatic carbocycles. The third kappa shape index (κ3) is 3.29. The quantitative estimate of drug-likeness (QED) is 0.278. The molecule has 5 aliphatic heterocycles. The number of fused-ring (bicyclic) bond motifs is 2. The van der Waals surface area contributed by atoms with Gasteiger partial charge >= 0.3 is 0 Å². The monoisotopic (exact) mass is 538 g/mol. The van der Waals surface area contributed by atoms with Crippen molar-refractivity contribution in [2.75, 3.05) is 0 Å². The van der Waals surface area contributed by atoms with Gasteiger partial charge in [0.25, 0.3) is 0 Å². The van der Waals surface area contributed by atoms with E-state index >= 15 is 0 Å². The molecule has 0 N–H and O–H groups in total. The van der Waals surface area contributed by atoms with Crippen molar-refractivity contribution in [3.63, 3.8) is 0 Å². The van der Waals surface area contributed by atoms with Crippen LogP contribution < -0.4 is 10.6 Å². The molecule has 0 saturated heterocycles. The van der Waals surface area contributed by atoms with Gasteiger partial charge in [0, 0.05) is 58.9 Å². The highest BCUT2D eigenvalue weighted by Gasteiger charge is 2.47. The highest BCUT2D eigenvalue weighted by molar-refractivity contribution is 7.74. The van der Waals surface area contributed by atoms with E-state index in [0.29, 0.717) is 12.1 Å². The van der Waals surface area contributed by atoms with Crippen LogP contribution in [0, 0.1) is 0 Å². The molecule has 5 aliphatic rings. The minimum Gasteiger partial charge on any atom is -0.352 e. The van der Waals surface area contributed by atoms with E-state index in [1.54, 1.807) is 10.6 Å². The van der Waals surface area contributed by atoms with Crippen LogP contribution >= 0.6 is 7.92 Å². The van der Waals surface area contributed by atoms with Gasteiger partial charge in [-0.05, 0) is 86.3 Å². The Balaban J connectivity index is 1.33. The van der Waals surface area contributed by atoms with Crippen molar-refractivity contribution in [1.29, 1.82) is 0 Å². The normalized spacial score (nSPS) is 23.1. The fourth-order valence-corrected chi connectivity index (χ4v) is 10.8. The minimum absolute atomic E-state index is 0.324. The second kappa shape index (κ2) is 8.49. The molecule has 5 heterocycles. The highest BCUT2D eigenvalue weighted by atomic mass is 31.1. The fraction of sp³-hybridized carbons (Fsp3) is 0.200. The molecule has 40 heavy (non-hydrogen) atoms. The molecule has 4 aromatic rings. The molecule has 0 atom stereocenters. The van der Waals surface area contributed by atoms with Crippen LogP contribution in [0.1, 0.15) is 29.2 Å². The van der Waals surface area contributed by atoms with E-state index < -0.39 is 7.92 Å². The first-order valence-electron chi connectivity index (χ1n) is 14.3. The molecule has 0 fully saturated rings. The predicted molar refractivity (Wildman–Crippen MR) is 164 cm³/mol. The number of benzene rings is 4. The first kappa shape index (κ1) is 22.8. The summed E-state index contributed by atoms with van der Waals surface area (Å²) < 4.78 is 0. The summed E-state index contributed by atoms with van der Waals surface area (Å²) in [6.07, 6.45) is 9.67. The zero-order chi connectivity index (χ0) is 26.4. The van der Waals surface area contributed by atoms with Crippen LogP contribution in [0.15, 0.2) is 110 Å². The van der Waals surface area contributed by atoms with Crippen molar-refractivity contribution in [3.8, 4) is 22.3 Å². The Morgan fingerprint density at radius 2 is 0.875 bits per heavy atom. The highest BCUT2D eigenvalue weighted by Crippen LogP contribution is 2.55. The van der Waals surface area contributed by atoms with E-state index in [4.69, 9.17) is 0 Å². The molecule has 196 valence electrons. The predicted octanol–water partition coefficient (Wildman–Crippen LogP) is 6.30. The van der Waals surface area contributed by atoms with Crippen molar-refractivity contribution >= 4 is 18.5 Å². The lowest BCUT2D eigenvalue weighted by atomic mass is 9.98. The van der Waals surface area contributed by atoms with Crippen LogP contribution in [0.2, 0.25) is 0 Å². The zero-order valence-electron chi connectivity index (χ0n) is 22.6. The van der Waals surface area contributed by atoms with Gasteiger partial charge in [0.1, 0.15) is 5.91 Å². The summed E-state index contributed by atoms with van der Waals surface area (Å²) in [5, 5.41) is 3.25. The van der Waals surface area contributed by atoms with E-state index in [1.165, 1.54) is 44.5 Å². The third-order valence-corrected chi connectivity index (χ3v) is 12.5. The first-order chi connectivity index (χ1) is 19.7. The molecule has 5 heteroatoms. The first-order valence-corrected chi connectivity index (χ1v) is 15.7. The Morgan fingerprint density at radius 3 is 1.30 bits per heavy atom. The summed E-state index contributed by atoms with van der Waals surface area (Å²) >= 11 is 0. The molecule has 0 unspecified atom stereocenters. The van der Waals surface area contributed by atoms with E-state index in [2.05, 4.69) is 136 Å². The van der Waals surface area contributed by atoms with Gasteiger partial charge in [0.05, 0.1) is 6.17 Å². The molecule has 0 aromatic heterocycles. The molecule has 0 spiro atoms. The largest absolute Gasteiger partial charge is 0.352 e. The van der Waals surface area contributed by atoms with Crippen molar-refractivity contribution in [1.82, 2.24) is 19.6 Å². The Hall–Kier alpha value is -4.01. The van der Waals surface area contributed by atoms with Crippen molar-refractivity contribution in [3.05, 3.63) is 132 Å². The van der Waals surface area contributed by atoms with Crippen molar-refractivity contribution in [2.45, 2.75) is 45.2 Å². The maximum absolute atomic E-state index is 2.62. The van der Waals surface area contributed by atoms with E-state index in [1.807, 2.05) is 0 Å². The molecule has 0 saturated carbocycles. The minimum atomic E-state index is -0.598. The third-order valence-electron chi connectivity index (χ3n) is 9.33. The van der Waals surface area contributed by atoms with Gasteiger partial charge in [-0.3, -0.25) is 0 Å². The maximum atomic E-state index is 2.62. The standard InChI is InChI=1S/C35H31N4P/c1-24-36-12-13-37(24)21-30-17-28(26-10-6-3-7-11-26)19-32-23-39-15-14-38-22-31-18-27(25-8-4-2-5-9-25)16-29(20-36)33(31)40(34(30)32)35(38)39/h2-19,24,35H,20-23H2,1H3. The lowest BCUT2D eigenvalue weighted by Crippen LogP contribution is -2.51. The molecule has 0 amide bonds. The van der Waals surface area contributed by atoms with Crippen LogP contribution in [0.3, 0.4) is 0 Å². The molecular formula is C35H31N4P. The van der Waals surface area contributed by atoms with Crippen molar-refractivity contribution < 1.29 is 0 Å².